The van der Waals surface area contributed by atoms with Gasteiger partial charge in [-0.15, -0.1) is 0 Å². The number of nitrogen functional groups attached to an aromatic ring is 1. The van der Waals surface area contributed by atoms with Crippen molar-refractivity contribution in [3.8, 4) is 5.75 Å². The smallest absolute Gasteiger partial charge is 0.263 e. The fraction of sp³-hybridized carbons (Fsp3) is 0.462. The molecule has 1 heterocycles. The van der Waals surface area contributed by atoms with Crippen LogP contribution < -0.4 is 10.5 Å². The highest BCUT2D eigenvalue weighted by atomic mass is 16.5. The first-order valence-corrected chi connectivity index (χ1v) is 5.98. The van der Waals surface area contributed by atoms with Crippen LogP contribution in [0.4, 0.5) is 5.69 Å². The van der Waals surface area contributed by atoms with Crippen molar-refractivity contribution >= 4 is 11.6 Å². The maximum Gasteiger partial charge on any atom is 0.263 e. The van der Waals surface area contributed by atoms with Crippen LogP contribution in [0, 0.1) is 0 Å². The first-order valence-electron chi connectivity index (χ1n) is 5.98. The summed E-state index contributed by atoms with van der Waals surface area (Å²) in [6, 6.07) is 7.09. The molecule has 1 amide bonds. The van der Waals surface area contributed by atoms with Gasteiger partial charge in [-0.25, -0.2) is 0 Å². The molecular weight excluding hydrogens is 216 g/mol. The molecule has 0 saturated carbocycles. The fourth-order valence-electron chi connectivity index (χ4n) is 2.00. The number of amides is 1. The summed E-state index contributed by atoms with van der Waals surface area (Å²) in [6.45, 7) is 3.50. The zero-order chi connectivity index (χ0) is 12.3. The lowest BCUT2D eigenvalue weighted by Crippen LogP contribution is -2.38. The summed E-state index contributed by atoms with van der Waals surface area (Å²) in [5.41, 5.74) is 6.28. The molecule has 1 atom stereocenters. The monoisotopic (exact) mass is 234 g/mol. The molecule has 1 aliphatic heterocycles. The average molecular weight is 234 g/mol. The van der Waals surface area contributed by atoms with E-state index in [-0.39, 0.29) is 5.91 Å². The molecule has 2 rings (SSSR count). The number of carbonyl (C=O) groups is 1. The van der Waals surface area contributed by atoms with Crippen LogP contribution in [0.5, 0.6) is 5.75 Å². The van der Waals surface area contributed by atoms with E-state index in [0.29, 0.717) is 11.4 Å². The Morgan fingerprint density at radius 1 is 1.29 bits per heavy atom. The highest BCUT2D eigenvalue weighted by Gasteiger charge is 2.24. The minimum Gasteiger partial charge on any atom is -0.481 e. The number of hydrogen-bond donors (Lipinski definition) is 1. The third-order valence-corrected chi connectivity index (χ3v) is 2.96. The Labute approximate surface area is 101 Å². The lowest BCUT2D eigenvalue weighted by molar-refractivity contribution is -0.136. The molecule has 1 fully saturated rings. The number of hydrogen-bond acceptors (Lipinski definition) is 3. The van der Waals surface area contributed by atoms with E-state index in [1.165, 1.54) is 0 Å². The van der Waals surface area contributed by atoms with Gasteiger partial charge in [-0.2, -0.15) is 0 Å². The molecule has 1 aromatic carbocycles. The van der Waals surface area contributed by atoms with Crippen LogP contribution in [0.3, 0.4) is 0 Å². The van der Waals surface area contributed by atoms with Crippen molar-refractivity contribution in [3.63, 3.8) is 0 Å². The second kappa shape index (κ2) is 5.08. The van der Waals surface area contributed by atoms with Gasteiger partial charge in [0.1, 0.15) is 5.75 Å². The van der Waals surface area contributed by atoms with Gasteiger partial charge in [-0.05, 0) is 44.0 Å². The summed E-state index contributed by atoms with van der Waals surface area (Å²) < 4.78 is 5.60. The van der Waals surface area contributed by atoms with Gasteiger partial charge in [-0.3, -0.25) is 4.79 Å². The normalized spacial score (nSPS) is 16.9. The lowest BCUT2D eigenvalue weighted by atomic mass is 10.3. The van der Waals surface area contributed by atoms with E-state index in [0.717, 1.165) is 25.9 Å². The van der Waals surface area contributed by atoms with Crippen LogP contribution in [-0.4, -0.2) is 30.0 Å². The molecule has 0 radical (unpaired) electrons. The number of anilines is 1. The number of nitrogens with two attached hydrogens (primary N) is 1. The molecule has 1 unspecified atom stereocenters. The van der Waals surface area contributed by atoms with Gasteiger partial charge >= 0.3 is 0 Å². The number of nitrogens with zero attached hydrogens (tertiary/aromatic N) is 1. The van der Waals surface area contributed by atoms with Crippen LogP contribution in [0.15, 0.2) is 24.3 Å². The molecule has 0 spiro atoms. The van der Waals surface area contributed by atoms with Gasteiger partial charge in [0.05, 0.1) is 0 Å². The molecule has 2 N–H and O–H groups in total. The second-order valence-electron chi connectivity index (χ2n) is 4.36. The van der Waals surface area contributed by atoms with Crippen molar-refractivity contribution in [1.82, 2.24) is 4.90 Å². The van der Waals surface area contributed by atoms with Crippen molar-refractivity contribution in [1.29, 1.82) is 0 Å². The standard InChI is InChI=1S/C13H18N2O2/c1-10(13(16)15-8-2-3-9-15)17-12-6-4-11(14)5-7-12/h4-7,10H,2-3,8-9,14H2,1H3. The molecule has 4 nitrogen and oxygen atoms in total. The zero-order valence-corrected chi connectivity index (χ0v) is 10.1. The van der Waals surface area contributed by atoms with E-state index >= 15 is 0 Å². The number of benzene rings is 1. The Kier molecular flexibility index (Phi) is 3.52. The van der Waals surface area contributed by atoms with Crippen molar-refractivity contribution < 1.29 is 9.53 Å². The number of ether oxygens (including phenoxy) is 1. The number of likely N-dealkylation sites (tertiary alicyclic amines) is 1. The molecule has 17 heavy (non-hydrogen) atoms. The summed E-state index contributed by atoms with van der Waals surface area (Å²) in [5.74, 6) is 0.749. The molecule has 92 valence electrons. The molecule has 1 aromatic rings. The maximum absolute atomic E-state index is 12.0. The van der Waals surface area contributed by atoms with E-state index in [9.17, 15) is 4.79 Å². The van der Waals surface area contributed by atoms with Crippen LogP contribution in [0.1, 0.15) is 19.8 Å². The molecule has 4 heteroatoms. The summed E-state index contributed by atoms with van der Waals surface area (Å²) >= 11 is 0. The minimum atomic E-state index is -0.434. The van der Waals surface area contributed by atoms with Gasteiger partial charge in [0.2, 0.25) is 0 Å². The highest BCUT2D eigenvalue weighted by molar-refractivity contribution is 5.81. The van der Waals surface area contributed by atoms with Crippen LogP contribution in [0.25, 0.3) is 0 Å². The molecule has 1 saturated heterocycles. The second-order valence-corrected chi connectivity index (χ2v) is 4.36. The molecular formula is C13H18N2O2. The van der Waals surface area contributed by atoms with Crippen molar-refractivity contribution in [2.75, 3.05) is 18.8 Å². The summed E-state index contributed by atoms with van der Waals surface area (Å²) in [5, 5.41) is 0. The third kappa shape index (κ3) is 2.90. The third-order valence-electron chi connectivity index (χ3n) is 2.96. The quantitative estimate of drug-likeness (QED) is 0.809. The fourth-order valence-corrected chi connectivity index (χ4v) is 2.00. The van der Waals surface area contributed by atoms with Crippen LogP contribution in [-0.2, 0) is 4.79 Å². The number of rotatable bonds is 3. The lowest BCUT2D eigenvalue weighted by Gasteiger charge is -2.21. The first-order chi connectivity index (χ1) is 8.16. The van der Waals surface area contributed by atoms with Crippen molar-refractivity contribution in [2.45, 2.75) is 25.9 Å². The summed E-state index contributed by atoms with van der Waals surface area (Å²) in [7, 11) is 0. The van der Waals surface area contributed by atoms with Gasteiger partial charge in [0, 0.05) is 18.8 Å². The van der Waals surface area contributed by atoms with E-state index in [2.05, 4.69) is 0 Å². The summed E-state index contributed by atoms with van der Waals surface area (Å²) in [6.07, 6.45) is 1.76. The van der Waals surface area contributed by atoms with Gasteiger partial charge < -0.3 is 15.4 Å². The Morgan fingerprint density at radius 3 is 2.47 bits per heavy atom. The van der Waals surface area contributed by atoms with E-state index in [1.807, 2.05) is 4.90 Å². The van der Waals surface area contributed by atoms with E-state index in [4.69, 9.17) is 10.5 Å². The van der Waals surface area contributed by atoms with Gasteiger partial charge in [0.25, 0.3) is 5.91 Å². The molecule has 0 bridgehead atoms. The van der Waals surface area contributed by atoms with Crippen LogP contribution >= 0.6 is 0 Å². The molecule has 0 aromatic heterocycles. The van der Waals surface area contributed by atoms with Crippen LogP contribution in [0.2, 0.25) is 0 Å². The van der Waals surface area contributed by atoms with E-state index in [1.54, 1.807) is 31.2 Å². The zero-order valence-electron chi connectivity index (χ0n) is 10.1. The minimum absolute atomic E-state index is 0.0688. The predicted octanol–water partition coefficient (Wildman–Crippen LogP) is 1.66. The number of carbonyl (C=O) groups excluding carboxylic acids is 1. The highest BCUT2D eigenvalue weighted by Crippen LogP contribution is 2.16. The SMILES string of the molecule is CC(Oc1ccc(N)cc1)C(=O)N1CCCC1. The first kappa shape index (κ1) is 11.8. The van der Waals surface area contributed by atoms with E-state index < -0.39 is 6.10 Å². The topological polar surface area (TPSA) is 55.6 Å². The largest absolute Gasteiger partial charge is 0.481 e. The Balaban J connectivity index is 1.93. The predicted molar refractivity (Wildman–Crippen MR) is 66.8 cm³/mol. The molecule has 0 aliphatic carbocycles. The summed E-state index contributed by atoms with van der Waals surface area (Å²) in [4.78, 5) is 13.9. The Morgan fingerprint density at radius 2 is 1.88 bits per heavy atom. The maximum atomic E-state index is 12.0. The van der Waals surface area contributed by atoms with Gasteiger partial charge in [0.15, 0.2) is 6.10 Å². The Bertz CT molecular complexity index is 383. The van der Waals surface area contributed by atoms with Crippen molar-refractivity contribution in [2.24, 2.45) is 0 Å². The van der Waals surface area contributed by atoms with Crippen molar-refractivity contribution in [3.05, 3.63) is 24.3 Å². The average Bonchev–Trinajstić information content (AvgIpc) is 2.84. The molecule has 1 aliphatic rings. The Hall–Kier alpha value is -1.71. The van der Waals surface area contributed by atoms with Gasteiger partial charge in [-0.1, -0.05) is 0 Å².